The van der Waals surface area contributed by atoms with Crippen molar-refractivity contribution in [3.8, 4) is 0 Å². The Kier molecular flexibility index (Phi) is 5.13. The summed E-state index contributed by atoms with van der Waals surface area (Å²) in [5.41, 5.74) is 11.9. The number of carbonyl (C=O) groups excluding carboxylic acids is 2. The lowest BCUT2D eigenvalue weighted by Crippen LogP contribution is -2.32. The average Bonchev–Trinajstić information content (AvgIpc) is 2.36. The molecule has 98 valence electrons. The molecule has 1 rings (SSSR count). The zero-order valence-electron chi connectivity index (χ0n) is 10.3. The molecule has 0 bridgehead atoms. The van der Waals surface area contributed by atoms with Crippen LogP contribution in [-0.4, -0.2) is 18.5 Å². The monoisotopic (exact) mass is 250 g/mol. The van der Waals surface area contributed by atoms with Gasteiger partial charge in [-0.3, -0.25) is 4.79 Å². The van der Waals surface area contributed by atoms with Crippen LogP contribution in [0.15, 0.2) is 24.3 Å². The molecule has 0 saturated heterocycles. The molecule has 1 unspecified atom stereocenters. The van der Waals surface area contributed by atoms with E-state index >= 15 is 0 Å². The Bertz CT molecular complexity index is 417. The lowest BCUT2D eigenvalue weighted by molar-refractivity contribution is -0.124. The molecule has 1 atom stereocenters. The number of amides is 3. The summed E-state index contributed by atoms with van der Waals surface area (Å²) in [4.78, 5) is 22.1. The Morgan fingerprint density at radius 3 is 2.39 bits per heavy atom. The van der Waals surface area contributed by atoms with Crippen LogP contribution in [0.4, 0.5) is 10.5 Å². The molecule has 1 aromatic rings. The van der Waals surface area contributed by atoms with Gasteiger partial charge in [0.15, 0.2) is 0 Å². The summed E-state index contributed by atoms with van der Waals surface area (Å²) in [7, 11) is 0. The first kappa shape index (κ1) is 14.0. The van der Waals surface area contributed by atoms with Crippen LogP contribution in [-0.2, 0) is 11.3 Å². The molecule has 0 aromatic heterocycles. The van der Waals surface area contributed by atoms with Gasteiger partial charge in [-0.1, -0.05) is 19.1 Å². The molecule has 0 fully saturated rings. The third-order valence-electron chi connectivity index (χ3n) is 2.49. The van der Waals surface area contributed by atoms with E-state index in [2.05, 4.69) is 10.6 Å². The Balaban J connectivity index is 2.49. The lowest BCUT2D eigenvalue weighted by atomic mass is 10.1. The van der Waals surface area contributed by atoms with Gasteiger partial charge in [-0.25, -0.2) is 4.79 Å². The van der Waals surface area contributed by atoms with Crippen LogP contribution >= 0.6 is 0 Å². The molecule has 0 aliphatic carbocycles. The zero-order valence-corrected chi connectivity index (χ0v) is 10.3. The van der Waals surface area contributed by atoms with E-state index in [0.717, 1.165) is 5.56 Å². The number of primary amides is 1. The van der Waals surface area contributed by atoms with Gasteiger partial charge in [-0.15, -0.1) is 0 Å². The first-order valence-corrected chi connectivity index (χ1v) is 5.66. The summed E-state index contributed by atoms with van der Waals surface area (Å²) in [6, 6.07) is 6.45. The molecule has 18 heavy (non-hydrogen) atoms. The van der Waals surface area contributed by atoms with Gasteiger partial charge in [0.2, 0.25) is 5.91 Å². The fourth-order valence-electron chi connectivity index (χ4n) is 1.32. The smallest absolute Gasteiger partial charge is 0.316 e. The summed E-state index contributed by atoms with van der Waals surface area (Å²) in [5.74, 6) is -0.266. The maximum absolute atomic E-state index is 11.5. The predicted octanol–water partition coefficient (Wildman–Crippen LogP) is 0.388. The van der Waals surface area contributed by atoms with Gasteiger partial charge in [0.1, 0.15) is 0 Å². The van der Waals surface area contributed by atoms with Crippen LogP contribution in [0, 0.1) is 5.92 Å². The van der Waals surface area contributed by atoms with Crippen LogP contribution < -0.4 is 22.1 Å². The molecular formula is C12H18N4O2. The number of carbonyl (C=O) groups is 2. The SMILES string of the molecule is CC(CN)C(=O)NCc1ccc(NC(N)=O)cc1. The minimum absolute atomic E-state index is 0.0724. The first-order chi connectivity index (χ1) is 8.52. The van der Waals surface area contributed by atoms with E-state index in [0.29, 0.717) is 18.8 Å². The highest BCUT2D eigenvalue weighted by atomic mass is 16.2. The maximum atomic E-state index is 11.5. The van der Waals surface area contributed by atoms with E-state index in [-0.39, 0.29) is 11.8 Å². The number of urea groups is 1. The minimum atomic E-state index is -0.604. The molecule has 6 N–H and O–H groups in total. The van der Waals surface area contributed by atoms with E-state index in [9.17, 15) is 9.59 Å². The number of nitrogens with two attached hydrogens (primary N) is 2. The third-order valence-corrected chi connectivity index (χ3v) is 2.49. The highest BCUT2D eigenvalue weighted by Crippen LogP contribution is 2.09. The van der Waals surface area contributed by atoms with Crippen molar-refractivity contribution >= 4 is 17.6 Å². The Morgan fingerprint density at radius 2 is 1.89 bits per heavy atom. The predicted molar refractivity (Wildman–Crippen MR) is 69.7 cm³/mol. The number of rotatable bonds is 5. The number of hydrogen-bond donors (Lipinski definition) is 4. The number of anilines is 1. The van der Waals surface area contributed by atoms with Crippen LogP contribution in [0.3, 0.4) is 0 Å². The summed E-state index contributed by atoms with van der Waals surface area (Å²) < 4.78 is 0. The fourth-order valence-corrected chi connectivity index (χ4v) is 1.32. The number of nitrogens with one attached hydrogen (secondary N) is 2. The second-order valence-electron chi connectivity index (χ2n) is 4.04. The van der Waals surface area contributed by atoms with Gasteiger partial charge >= 0.3 is 6.03 Å². The second kappa shape index (κ2) is 6.61. The van der Waals surface area contributed by atoms with Crippen LogP contribution in [0.2, 0.25) is 0 Å². The molecule has 6 heteroatoms. The molecule has 0 saturated carbocycles. The molecule has 0 radical (unpaired) electrons. The van der Waals surface area contributed by atoms with Crippen LogP contribution in [0.25, 0.3) is 0 Å². The molecule has 0 heterocycles. The van der Waals surface area contributed by atoms with Crippen molar-refractivity contribution < 1.29 is 9.59 Å². The van der Waals surface area contributed by atoms with Crippen molar-refractivity contribution in [3.63, 3.8) is 0 Å². The second-order valence-corrected chi connectivity index (χ2v) is 4.04. The largest absolute Gasteiger partial charge is 0.352 e. The average molecular weight is 250 g/mol. The van der Waals surface area contributed by atoms with Gasteiger partial charge in [0, 0.05) is 24.7 Å². The Hall–Kier alpha value is -2.08. The molecule has 0 spiro atoms. The van der Waals surface area contributed by atoms with E-state index in [4.69, 9.17) is 11.5 Å². The van der Waals surface area contributed by atoms with Gasteiger partial charge in [-0.05, 0) is 17.7 Å². The third kappa shape index (κ3) is 4.42. The Morgan fingerprint density at radius 1 is 1.28 bits per heavy atom. The molecular weight excluding hydrogens is 232 g/mol. The highest BCUT2D eigenvalue weighted by Gasteiger charge is 2.09. The highest BCUT2D eigenvalue weighted by molar-refractivity contribution is 5.87. The van der Waals surface area contributed by atoms with E-state index < -0.39 is 6.03 Å². The summed E-state index contributed by atoms with van der Waals surface area (Å²) >= 11 is 0. The lowest BCUT2D eigenvalue weighted by Gasteiger charge is -2.10. The van der Waals surface area contributed by atoms with Crippen molar-refractivity contribution in [3.05, 3.63) is 29.8 Å². The van der Waals surface area contributed by atoms with Crippen molar-refractivity contribution in [2.45, 2.75) is 13.5 Å². The van der Waals surface area contributed by atoms with Crippen molar-refractivity contribution in [1.29, 1.82) is 0 Å². The summed E-state index contributed by atoms with van der Waals surface area (Å²) in [5, 5.41) is 5.24. The Labute approximate surface area is 106 Å². The van der Waals surface area contributed by atoms with Gasteiger partial charge < -0.3 is 22.1 Å². The van der Waals surface area contributed by atoms with Crippen molar-refractivity contribution in [2.24, 2.45) is 17.4 Å². The number of hydrogen-bond acceptors (Lipinski definition) is 3. The fraction of sp³-hybridized carbons (Fsp3) is 0.333. The maximum Gasteiger partial charge on any atom is 0.316 e. The quantitative estimate of drug-likeness (QED) is 0.606. The van der Waals surface area contributed by atoms with Crippen LogP contribution in [0.5, 0.6) is 0 Å². The van der Waals surface area contributed by atoms with Gasteiger partial charge in [0.05, 0.1) is 0 Å². The molecule has 0 aliphatic rings. The topological polar surface area (TPSA) is 110 Å². The molecule has 3 amide bonds. The van der Waals surface area contributed by atoms with E-state index in [1.807, 2.05) is 0 Å². The van der Waals surface area contributed by atoms with Crippen LogP contribution in [0.1, 0.15) is 12.5 Å². The summed E-state index contributed by atoms with van der Waals surface area (Å²) in [6.45, 7) is 2.53. The van der Waals surface area contributed by atoms with Crippen molar-refractivity contribution in [1.82, 2.24) is 5.32 Å². The molecule has 1 aromatic carbocycles. The number of benzene rings is 1. The zero-order chi connectivity index (χ0) is 13.5. The summed E-state index contributed by atoms with van der Waals surface area (Å²) in [6.07, 6.45) is 0. The standard InChI is InChI=1S/C12H18N4O2/c1-8(6-13)11(17)15-7-9-2-4-10(5-3-9)16-12(14)18/h2-5,8H,6-7,13H2,1H3,(H,15,17)(H3,14,16,18). The molecule has 6 nitrogen and oxygen atoms in total. The van der Waals surface area contributed by atoms with Crippen molar-refractivity contribution in [2.75, 3.05) is 11.9 Å². The normalized spacial score (nSPS) is 11.7. The van der Waals surface area contributed by atoms with Gasteiger partial charge in [0.25, 0.3) is 0 Å². The van der Waals surface area contributed by atoms with Gasteiger partial charge in [-0.2, -0.15) is 0 Å². The van der Waals surface area contributed by atoms with E-state index in [1.54, 1.807) is 31.2 Å². The van der Waals surface area contributed by atoms with E-state index in [1.165, 1.54) is 0 Å². The minimum Gasteiger partial charge on any atom is -0.352 e. The first-order valence-electron chi connectivity index (χ1n) is 5.66. The molecule has 0 aliphatic heterocycles.